The second kappa shape index (κ2) is 4.32. The van der Waals surface area contributed by atoms with Crippen LogP contribution in [0, 0.1) is 28.6 Å². The number of hydrogen-bond donors (Lipinski definition) is 1. The molecule has 4 rings (SSSR count). The molecule has 2 saturated carbocycles. The van der Waals surface area contributed by atoms with E-state index < -0.39 is 0 Å². The van der Waals surface area contributed by atoms with Crippen molar-refractivity contribution in [1.29, 1.82) is 0 Å². The van der Waals surface area contributed by atoms with E-state index >= 15 is 0 Å². The predicted molar refractivity (Wildman–Crippen MR) is 82.6 cm³/mol. The Balaban J connectivity index is 1.75. The van der Waals surface area contributed by atoms with Gasteiger partial charge in [0, 0.05) is 6.42 Å². The van der Waals surface area contributed by atoms with Crippen LogP contribution >= 0.6 is 0 Å². The first-order valence-electron chi connectivity index (χ1n) is 8.56. The maximum atomic E-state index is 11.8. The Kier molecular flexibility index (Phi) is 2.83. The molecule has 0 bridgehead atoms. The molecule has 0 aromatic rings. The molecule has 4 aliphatic rings. The van der Waals surface area contributed by atoms with E-state index in [9.17, 15) is 9.90 Å². The SMILES string of the molecule is C[C@@]12CC[C@@H]3[C@H](C=CC4=CC(=O)CC[C@@]43C)[C@H]1CC[C@@H]2O. The summed E-state index contributed by atoms with van der Waals surface area (Å²) < 4.78 is 0. The van der Waals surface area contributed by atoms with Crippen LogP contribution in [0.1, 0.15) is 52.4 Å². The predicted octanol–water partition coefficient (Wildman–Crippen LogP) is 3.66. The number of aliphatic hydroxyl groups is 1. The zero-order valence-electron chi connectivity index (χ0n) is 13.1. The summed E-state index contributed by atoms with van der Waals surface area (Å²) in [6, 6.07) is 0. The minimum absolute atomic E-state index is 0.116. The highest BCUT2D eigenvalue weighted by atomic mass is 16.3. The molecule has 0 amide bonds. The molecule has 0 unspecified atom stereocenters. The van der Waals surface area contributed by atoms with Gasteiger partial charge in [-0.25, -0.2) is 0 Å². The lowest BCUT2D eigenvalue weighted by molar-refractivity contribution is -0.116. The van der Waals surface area contributed by atoms with Crippen molar-refractivity contribution in [3.63, 3.8) is 0 Å². The third kappa shape index (κ3) is 1.72. The molecule has 0 aliphatic heterocycles. The number of fused-ring (bicyclic) bond motifs is 5. The molecule has 114 valence electrons. The van der Waals surface area contributed by atoms with Crippen molar-refractivity contribution in [1.82, 2.24) is 0 Å². The fourth-order valence-electron chi connectivity index (χ4n) is 5.97. The van der Waals surface area contributed by atoms with Crippen LogP contribution in [0.25, 0.3) is 0 Å². The monoisotopic (exact) mass is 286 g/mol. The van der Waals surface area contributed by atoms with Crippen LogP contribution in [-0.4, -0.2) is 17.0 Å². The van der Waals surface area contributed by atoms with Gasteiger partial charge in [0.1, 0.15) is 0 Å². The second-order valence-corrected chi connectivity index (χ2v) is 8.27. The summed E-state index contributed by atoms with van der Waals surface area (Å²) in [6.07, 6.45) is 12.6. The van der Waals surface area contributed by atoms with E-state index in [1.807, 2.05) is 6.08 Å². The maximum Gasteiger partial charge on any atom is 0.156 e. The first-order valence-corrected chi connectivity index (χ1v) is 8.56. The summed E-state index contributed by atoms with van der Waals surface area (Å²) in [7, 11) is 0. The van der Waals surface area contributed by atoms with Gasteiger partial charge in [-0.3, -0.25) is 4.79 Å². The highest BCUT2D eigenvalue weighted by Crippen LogP contribution is 2.63. The van der Waals surface area contributed by atoms with E-state index in [0.717, 1.165) is 25.7 Å². The molecular weight excluding hydrogens is 260 g/mol. The number of aliphatic hydroxyl groups excluding tert-OH is 1. The molecule has 0 aromatic heterocycles. The van der Waals surface area contributed by atoms with Gasteiger partial charge in [-0.1, -0.05) is 26.0 Å². The molecule has 2 heteroatoms. The highest BCUT2D eigenvalue weighted by molar-refractivity contribution is 5.92. The summed E-state index contributed by atoms with van der Waals surface area (Å²) in [6.45, 7) is 4.68. The molecule has 2 fully saturated rings. The lowest BCUT2D eigenvalue weighted by Crippen LogP contribution is -2.49. The van der Waals surface area contributed by atoms with Crippen LogP contribution in [0.2, 0.25) is 0 Å². The van der Waals surface area contributed by atoms with Gasteiger partial charge < -0.3 is 5.11 Å². The first-order chi connectivity index (χ1) is 9.95. The number of rotatable bonds is 0. The van der Waals surface area contributed by atoms with E-state index in [1.165, 1.54) is 12.0 Å². The van der Waals surface area contributed by atoms with E-state index in [1.54, 1.807) is 0 Å². The topological polar surface area (TPSA) is 37.3 Å². The number of hydrogen-bond acceptors (Lipinski definition) is 2. The Morgan fingerprint density at radius 3 is 2.76 bits per heavy atom. The van der Waals surface area contributed by atoms with Gasteiger partial charge in [-0.2, -0.15) is 0 Å². The van der Waals surface area contributed by atoms with Gasteiger partial charge in [0.25, 0.3) is 0 Å². The van der Waals surface area contributed by atoms with E-state index in [-0.39, 0.29) is 16.9 Å². The summed E-state index contributed by atoms with van der Waals surface area (Å²) in [4.78, 5) is 11.8. The Morgan fingerprint density at radius 1 is 1.14 bits per heavy atom. The van der Waals surface area contributed by atoms with Crippen molar-refractivity contribution in [2.75, 3.05) is 0 Å². The highest BCUT2D eigenvalue weighted by Gasteiger charge is 2.57. The molecule has 2 nitrogen and oxygen atoms in total. The molecule has 0 heterocycles. The van der Waals surface area contributed by atoms with Crippen molar-refractivity contribution in [2.24, 2.45) is 28.6 Å². The number of carbonyl (C=O) groups is 1. The molecular formula is C19H26O2. The normalized spacial score (nSPS) is 52.0. The first kappa shape index (κ1) is 13.8. The van der Waals surface area contributed by atoms with E-state index in [4.69, 9.17) is 0 Å². The molecule has 1 N–H and O–H groups in total. The van der Waals surface area contributed by atoms with Crippen molar-refractivity contribution in [3.05, 3.63) is 23.8 Å². The summed E-state index contributed by atoms with van der Waals surface area (Å²) in [5.41, 5.74) is 1.57. The molecule has 6 atom stereocenters. The van der Waals surface area contributed by atoms with Crippen LogP contribution in [0.5, 0.6) is 0 Å². The standard InChI is InChI=1S/C19H26O2/c1-18-9-7-13(20)11-12(18)3-4-14-15-5-6-17(21)19(15,2)10-8-16(14)18/h3-4,11,14-17,21H,5-10H2,1-2H3/t14-,15-,16-,17+,18+,19-/m1/s1. The number of allylic oxidation sites excluding steroid dienone is 4. The zero-order valence-corrected chi connectivity index (χ0v) is 13.1. The van der Waals surface area contributed by atoms with Crippen molar-refractivity contribution < 1.29 is 9.90 Å². The van der Waals surface area contributed by atoms with Crippen molar-refractivity contribution >= 4 is 5.78 Å². The van der Waals surface area contributed by atoms with Crippen LogP contribution in [0.15, 0.2) is 23.8 Å². The van der Waals surface area contributed by atoms with Crippen molar-refractivity contribution in [2.45, 2.75) is 58.5 Å². The molecule has 0 spiro atoms. The third-order valence-electron chi connectivity index (χ3n) is 7.47. The lowest BCUT2D eigenvalue weighted by atomic mass is 9.49. The summed E-state index contributed by atoms with van der Waals surface area (Å²) in [5, 5.41) is 10.4. The average Bonchev–Trinajstić information content (AvgIpc) is 2.76. The average molecular weight is 286 g/mol. The fraction of sp³-hybridized carbons (Fsp3) is 0.737. The lowest BCUT2D eigenvalue weighted by Gasteiger charge is -2.55. The van der Waals surface area contributed by atoms with Crippen LogP contribution in [-0.2, 0) is 4.79 Å². The van der Waals surface area contributed by atoms with Gasteiger partial charge in [0.2, 0.25) is 0 Å². The van der Waals surface area contributed by atoms with Gasteiger partial charge in [-0.15, -0.1) is 0 Å². The van der Waals surface area contributed by atoms with E-state index in [2.05, 4.69) is 26.0 Å². The molecule has 0 aromatic carbocycles. The third-order valence-corrected chi connectivity index (χ3v) is 7.47. The van der Waals surface area contributed by atoms with Gasteiger partial charge in [-0.05, 0) is 72.3 Å². The number of ketones is 1. The second-order valence-electron chi connectivity index (χ2n) is 8.27. The molecule has 4 aliphatic carbocycles. The van der Waals surface area contributed by atoms with Crippen LogP contribution in [0.3, 0.4) is 0 Å². The Hall–Kier alpha value is -0.890. The van der Waals surface area contributed by atoms with Gasteiger partial charge in [0.15, 0.2) is 5.78 Å². The minimum Gasteiger partial charge on any atom is -0.393 e. The molecule has 0 saturated heterocycles. The summed E-state index contributed by atoms with van der Waals surface area (Å²) >= 11 is 0. The largest absolute Gasteiger partial charge is 0.393 e. The summed E-state index contributed by atoms with van der Waals surface area (Å²) in [5.74, 6) is 2.17. The van der Waals surface area contributed by atoms with E-state index in [0.29, 0.717) is 30.0 Å². The smallest absolute Gasteiger partial charge is 0.156 e. The van der Waals surface area contributed by atoms with Gasteiger partial charge in [0.05, 0.1) is 6.10 Å². The van der Waals surface area contributed by atoms with Crippen LogP contribution in [0.4, 0.5) is 0 Å². The minimum atomic E-state index is -0.116. The fourth-order valence-corrected chi connectivity index (χ4v) is 5.97. The quantitative estimate of drug-likeness (QED) is 0.738. The van der Waals surface area contributed by atoms with Gasteiger partial charge >= 0.3 is 0 Å². The molecule has 0 radical (unpaired) electrons. The number of carbonyl (C=O) groups excluding carboxylic acids is 1. The molecule has 21 heavy (non-hydrogen) atoms. The zero-order chi connectivity index (χ0) is 14.8. The van der Waals surface area contributed by atoms with Crippen molar-refractivity contribution in [3.8, 4) is 0 Å². The Morgan fingerprint density at radius 2 is 1.95 bits per heavy atom. The Labute approximate surface area is 127 Å². The maximum absolute atomic E-state index is 11.8. The van der Waals surface area contributed by atoms with Crippen LogP contribution < -0.4 is 0 Å². The Bertz CT molecular complexity index is 546.